The van der Waals surface area contributed by atoms with Gasteiger partial charge in [-0.3, -0.25) is 9.59 Å². The number of ether oxygens (including phenoxy) is 1. The van der Waals surface area contributed by atoms with E-state index in [-0.39, 0.29) is 28.4 Å². The van der Waals surface area contributed by atoms with E-state index < -0.39 is 0 Å². The third-order valence-electron chi connectivity index (χ3n) is 5.30. The van der Waals surface area contributed by atoms with Gasteiger partial charge in [0, 0.05) is 22.5 Å². The van der Waals surface area contributed by atoms with E-state index in [1.807, 2.05) is 0 Å². The van der Waals surface area contributed by atoms with E-state index in [2.05, 4.69) is 5.32 Å². The summed E-state index contributed by atoms with van der Waals surface area (Å²) in [6, 6.07) is 23.9. The van der Waals surface area contributed by atoms with Crippen LogP contribution < -0.4 is 15.8 Å². The molecule has 0 heterocycles. The molecule has 0 atom stereocenters. The molecule has 5 rings (SSSR count). The van der Waals surface area contributed by atoms with Gasteiger partial charge in [0.25, 0.3) is 0 Å². The maximum atomic E-state index is 13.2. The summed E-state index contributed by atoms with van der Waals surface area (Å²) in [5, 5.41) is 13.5. The molecule has 6 nitrogen and oxygen atoms in total. The van der Waals surface area contributed by atoms with Crippen molar-refractivity contribution in [3.63, 3.8) is 0 Å². The van der Waals surface area contributed by atoms with Crippen LogP contribution in [-0.4, -0.2) is 16.7 Å². The number of rotatable bonds is 4. The van der Waals surface area contributed by atoms with Crippen molar-refractivity contribution in [1.29, 1.82) is 0 Å². The molecule has 0 aromatic heterocycles. The van der Waals surface area contributed by atoms with Gasteiger partial charge in [-0.15, -0.1) is 0 Å². The van der Waals surface area contributed by atoms with Gasteiger partial charge in [0.1, 0.15) is 17.2 Å². The lowest BCUT2D eigenvalue weighted by molar-refractivity contribution is 0.0977. The number of ketones is 2. The van der Waals surface area contributed by atoms with Crippen molar-refractivity contribution in [1.82, 2.24) is 0 Å². The van der Waals surface area contributed by atoms with Gasteiger partial charge in [-0.05, 0) is 60.7 Å². The minimum atomic E-state index is -0.372. The normalized spacial score (nSPS) is 12.1. The van der Waals surface area contributed by atoms with Crippen LogP contribution in [0.25, 0.3) is 0 Å². The Hall–Kier alpha value is -4.58. The Morgan fingerprint density at radius 3 is 1.88 bits per heavy atom. The molecule has 1 aliphatic rings. The summed E-state index contributed by atoms with van der Waals surface area (Å²) in [5.41, 5.74) is 8.28. The van der Waals surface area contributed by atoms with Crippen LogP contribution in [0.5, 0.6) is 17.2 Å². The van der Waals surface area contributed by atoms with E-state index >= 15 is 0 Å². The number of phenols is 1. The molecule has 4 aromatic carbocycles. The molecule has 0 saturated heterocycles. The van der Waals surface area contributed by atoms with Gasteiger partial charge in [-0.2, -0.15) is 0 Å². The van der Waals surface area contributed by atoms with Crippen LogP contribution in [0, 0.1) is 0 Å². The van der Waals surface area contributed by atoms with E-state index in [0.717, 1.165) is 0 Å². The summed E-state index contributed by atoms with van der Waals surface area (Å²) >= 11 is 0. The van der Waals surface area contributed by atoms with Crippen molar-refractivity contribution in [2.45, 2.75) is 0 Å². The van der Waals surface area contributed by atoms with E-state index in [9.17, 15) is 14.7 Å². The minimum Gasteiger partial charge on any atom is -0.507 e. The number of phenolic OH excluding ortho intramolecular Hbond substituents is 1. The van der Waals surface area contributed by atoms with E-state index in [0.29, 0.717) is 39.7 Å². The molecule has 4 aromatic rings. The molecule has 6 heteroatoms. The van der Waals surface area contributed by atoms with Crippen molar-refractivity contribution < 1.29 is 19.4 Å². The molecule has 0 saturated carbocycles. The Balaban J connectivity index is 1.45. The molecule has 0 spiro atoms. The molecule has 0 aliphatic heterocycles. The van der Waals surface area contributed by atoms with E-state index in [1.165, 1.54) is 6.07 Å². The average Bonchev–Trinajstić information content (AvgIpc) is 2.81. The van der Waals surface area contributed by atoms with Crippen molar-refractivity contribution in [2.75, 3.05) is 11.1 Å². The van der Waals surface area contributed by atoms with Crippen LogP contribution in [0.1, 0.15) is 31.8 Å². The van der Waals surface area contributed by atoms with Gasteiger partial charge in [-0.25, -0.2) is 0 Å². The number of carbonyl (C=O) groups is 2. The maximum absolute atomic E-state index is 13.2. The smallest absolute Gasteiger partial charge is 0.198 e. The Morgan fingerprint density at radius 1 is 0.688 bits per heavy atom. The van der Waals surface area contributed by atoms with Crippen LogP contribution in [0.3, 0.4) is 0 Å². The number of hydrogen-bond acceptors (Lipinski definition) is 6. The Bertz CT molecular complexity index is 1360. The number of benzene rings is 4. The first-order valence-electron chi connectivity index (χ1n) is 9.96. The van der Waals surface area contributed by atoms with Crippen LogP contribution in [0.2, 0.25) is 0 Å². The summed E-state index contributed by atoms with van der Waals surface area (Å²) in [5.74, 6) is 0.398. The summed E-state index contributed by atoms with van der Waals surface area (Å²) in [6.45, 7) is 0. The van der Waals surface area contributed by atoms with Gasteiger partial charge in [0.15, 0.2) is 11.6 Å². The zero-order valence-electron chi connectivity index (χ0n) is 16.8. The number of hydrogen-bond donors (Lipinski definition) is 3. The molecule has 0 unspecified atom stereocenters. The van der Waals surface area contributed by atoms with Crippen LogP contribution in [0.4, 0.5) is 17.1 Å². The third kappa shape index (κ3) is 3.33. The zero-order valence-corrected chi connectivity index (χ0v) is 16.8. The molecule has 0 bridgehead atoms. The lowest BCUT2D eigenvalue weighted by atomic mass is 9.82. The number of aromatic hydroxyl groups is 1. The lowest BCUT2D eigenvalue weighted by Crippen LogP contribution is -2.22. The first-order valence-corrected chi connectivity index (χ1v) is 9.96. The quantitative estimate of drug-likeness (QED) is 0.269. The van der Waals surface area contributed by atoms with Crippen molar-refractivity contribution >= 4 is 28.6 Å². The highest BCUT2D eigenvalue weighted by Gasteiger charge is 2.33. The molecule has 0 fully saturated rings. The van der Waals surface area contributed by atoms with Gasteiger partial charge in [0.2, 0.25) is 0 Å². The lowest BCUT2D eigenvalue weighted by Gasteiger charge is -2.21. The van der Waals surface area contributed by atoms with Crippen LogP contribution in [0.15, 0.2) is 84.9 Å². The molecule has 0 amide bonds. The summed E-state index contributed by atoms with van der Waals surface area (Å²) in [4.78, 5) is 26.1. The first-order chi connectivity index (χ1) is 15.5. The van der Waals surface area contributed by atoms with Gasteiger partial charge in [-0.1, -0.05) is 24.3 Å². The molecule has 0 radical (unpaired) electrons. The predicted molar refractivity (Wildman–Crippen MR) is 122 cm³/mol. The van der Waals surface area contributed by atoms with Gasteiger partial charge >= 0.3 is 0 Å². The highest BCUT2D eigenvalue weighted by Crippen LogP contribution is 2.38. The zero-order chi connectivity index (χ0) is 22.2. The molecule has 1 aliphatic carbocycles. The van der Waals surface area contributed by atoms with E-state index in [4.69, 9.17) is 10.5 Å². The Morgan fingerprint density at radius 2 is 1.25 bits per heavy atom. The largest absolute Gasteiger partial charge is 0.507 e. The molecular formula is C26H18N2O4. The third-order valence-corrected chi connectivity index (χ3v) is 5.30. The van der Waals surface area contributed by atoms with Crippen molar-refractivity contribution in [2.24, 2.45) is 0 Å². The minimum absolute atomic E-state index is 0.0157. The summed E-state index contributed by atoms with van der Waals surface area (Å²) in [6.07, 6.45) is 0. The second kappa shape index (κ2) is 7.59. The molecule has 156 valence electrons. The number of nitrogens with two attached hydrogens (primary N) is 1. The number of fused-ring (bicyclic) bond motifs is 2. The topological polar surface area (TPSA) is 102 Å². The van der Waals surface area contributed by atoms with Crippen LogP contribution >= 0.6 is 0 Å². The van der Waals surface area contributed by atoms with E-state index in [1.54, 1.807) is 78.9 Å². The fraction of sp³-hybridized carbons (Fsp3) is 0. The predicted octanol–water partition coefficient (Wildman–Crippen LogP) is 5.29. The fourth-order valence-electron chi connectivity index (χ4n) is 3.74. The van der Waals surface area contributed by atoms with Crippen molar-refractivity contribution in [3.05, 3.63) is 107 Å². The van der Waals surface area contributed by atoms with Gasteiger partial charge in [0.05, 0.1) is 16.8 Å². The number of carbonyl (C=O) groups excluding carboxylic acids is 2. The average molecular weight is 422 g/mol. The van der Waals surface area contributed by atoms with Gasteiger partial charge < -0.3 is 20.9 Å². The maximum Gasteiger partial charge on any atom is 0.198 e. The highest BCUT2D eigenvalue weighted by molar-refractivity contribution is 6.31. The monoisotopic (exact) mass is 422 g/mol. The second-order valence-electron chi connectivity index (χ2n) is 7.41. The number of nitrogens with one attached hydrogen (secondary N) is 1. The first kappa shape index (κ1) is 19.4. The molecule has 32 heavy (non-hydrogen) atoms. The standard InChI is InChI=1S/C26H18N2O4/c27-15-5-9-17(10-6-15)32-18-11-7-16(8-12-18)28-21-13-14-22(29)24-23(21)25(30)19-3-1-2-4-20(19)26(24)31/h1-14,28-29H,27H2. The van der Waals surface area contributed by atoms with Crippen molar-refractivity contribution in [3.8, 4) is 17.2 Å². The fourth-order valence-corrected chi connectivity index (χ4v) is 3.74. The molecule has 4 N–H and O–H groups in total. The molecular weight excluding hydrogens is 404 g/mol. The SMILES string of the molecule is Nc1ccc(Oc2ccc(Nc3ccc(O)c4c3C(=O)c3ccccc3C4=O)cc2)cc1. The summed E-state index contributed by atoms with van der Waals surface area (Å²) < 4.78 is 5.80. The van der Waals surface area contributed by atoms with Crippen LogP contribution in [-0.2, 0) is 0 Å². The number of anilines is 3. The highest BCUT2D eigenvalue weighted by atomic mass is 16.5. The Labute approximate surface area is 183 Å². The Kier molecular flexibility index (Phi) is 4.60. The second-order valence-corrected chi connectivity index (χ2v) is 7.41. The summed E-state index contributed by atoms with van der Waals surface area (Å²) in [7, 11) is 0. The number of nitrogen functional groups attached to an aromatic ring is 1.